The van der Waals surface area contributed by atoms with Crippen molar-refractivity contribution in [2.75, 3.05) is 11.9 Å². The highest BCUT2D eigenvalue weighted by Crippen LogP contribution is 2.24. The standard InChI is InChI=1S/C14H18BrFN2O2/c15-10-5-11(16)7-13(6-10)18-14(20)17-12-3-1-9(8-19)2-4-12/h5-7,9,12,19H,1-4,8H2,(H2,17,18,20). The number of aliphatic hydroxyl groups excluding tert-OH is 1. The van der Waals surface area contributed by atoms with Crippen molar-refractivity contribution in [3.8, 4) is 0 Å². The van der Waals surface area contributed by atoms with Crippen LogP contribution >= 0.6 is 15.9 Å². The number of aliphatic hydroxyl groups is 1. The average Bonchev–Trinajstić information content (AvgIpc) is 2.38. The normalized spacial score (nSPS) is 22.4. The lowest BCUT2D eigenvalue weighted by atomic mass is 9.87. The summed E-state index contributed by atoms with van der Waals surface area (Å²) in [5.41, 5.74) is 0.415. The van der Waals surface area contributed by atoms with Gasteiger partial charge in [0.05, 0.1) is 0 Å². The summed E-state index contributed by atoms with van der Waals surface area (Å²) < 4.78 is 13.8. The van der Waals surface area contributed by atoms with E-state index in [1.54, 1.807) is 6.07 Å². The van der Waals surface area contributed by atoms with E-state index in [4.69, 9.17) is 5.11 Å². The zero-order valence-electron chi connectivity index (χ0n) is 11.0. The molecule has 0 atom stereocenters. The van der Waals surface area contributed by atoms with E-state index in [-0.39, 0.29) is 18.7 Å². The second kappa shape index (κ2) is 7.04. The Morgan fingerprint density at radius 2 is 2.00 bits per heavy atom. The molecule has 1 aromatic carbocycles. The molecule has 2 amide bonds. The molecule has 4 nitrogen and oxygen atoms in total. The zero-order valence-corrected chi connectivity index (χ0v) is 12.6. The fraction of sp³-hybridized carbons (Fsp3) is 0.500. The smallest absolute Gasteiger partial charge is 0.319 e. The molecule has 1 aliphatic rings. The number of halogens is 2. The number of rotatable bonds is 3. The summed E-state index contributed by atoms with van der Waals surface area (Å²) >= 11 is 3.18. The lowest BCUT2D eigenvalue weighted by Gasteiger charge is -2.27. The Kier molecular flexibility index (Phi) is 5.37. The van der Waals surface area contributed by atoms with E-state index >= 15 is 0 Å². The highest BCUT2D eigenvalue weighted by Gasteiger charge is 2.21. The van der Waals surface area contributed by atoms with Gasteiger partial charge in [-0.15, -0.1) is 0 Å². The van der Waals surface area contributed by atoms with Gasteiger partial charge in [-0.2, -0.15) is 0 Å². The molecule has 1 aromatic rings. The molecular weight excluding hydrogens is 327 g/mol. The largest absolute Gasteiger partial charge is 0.396 e. The van der Waals surface area contributed by atoms with Crippen LogP contribution < -0.4 is 10.6 Å². The topological polar surface area (TPSA) is 61.4 Å². The molecule has 0 bridgehead atoms. The summed E-state index contributed by atoms with van der Waals surface area (Å²) in [6, 6.07) is 4.04. The third-order valence-corrected chi connectivity index (χ3v) is 4.02. The van der Waals surface area contributed by atoms with Gasteiger partial charge in [-0.3, -0.25) is 0 Å². The Balaban J connectivity index is 1.83. The molecule has 3 N–H and O–H groups in total. The van der Waals surface area contributed by atoms with Crippen molar-refractivity contribution in [2.45, 2.75) is 31.7 Å². The van der Waals surface area contributed by atoms with Crippen molar-refractivity contribution < 1.29 is 14.3 Å². The molecule has 0 saturated heterocycles. The minimum atomic E-state index is -0.405. The summed E-state index contributed by atoms with van der Waals surface area (Å²) in [6.07, 6.45) is 3.58. The van der Waals surface area contributed by atoms with Crippen LogP contribution in [0.1, 0.15) is 25.7 Å². The number of hydrogen-bond donors (Lipinski definition) is 3. The van der Waals surface area contributed by atoms with E-state index in [2.05, 4.69) is 26.6 Å². The Hall–Kier alpha value is -1.14. The highest BCUT2D eigenvalue weighted by atomic mass is 79.9. The molecule has 20 heavy (non-hydrogen) atoms. The van der Waals surface area contributed by atoms with Crippen LogP contribution in [-0.2, 0) is 0 Å². The first-order valence-electron chi connectivity index (χ1n) is 6.71. The van der Waals surface area contributed by atoms with Gasteiger partial charge in [0.15, 0.2) is 0 Å². The summed E-state index contributed by atoms with van der Waals surface area (Å²) in [5.74, 6) is -0.0478. The van der Waals surface area contributed by atoms with Crippen LogP contribution in [0, 0.1) is 11.7 Å². The molecule has 1 aliphatic carbocycles. The summed E-state index contributed by atoms with van der Waals surface area (Å²) in [6.45, 7) is 0.218. The monoisotopic (exact) mass is 344 g/mol. The molecule has 1 saturated carbocycles. The summed E-state index contributed by atoms with van der Waals surface area (Å²) in [7, 11) is 0. The van der Waals surface area contributed by atoms with Crippen LogP contribution in [0.5, 0.6) is 0 Å². The molecule has 0 unspecified atom stereocenters. The first kappa shape index (κ1) is 15.3. The molecule has 6 heteroatoms. The maximum absolute atomic E-state index is 13.2. The second-order valence-corrected chi connectivity index (χ2v) is 6.07. The first-order chi connectivity index (χ1) is 9.56. The van der Waals surface area contributed by atoms with Crippen molar-refractivity contribution in [1.82, 2.24) is 5.32 Å². The number of nitrogens with one attached hydrogen (secondary N) is 2. The van der Waals surface area contributed by atoms with E-state index in [1.807, 2.05) is 0 Å². The Morgan fingerprint density at radius 3 is 2.60 bits per heavy atom. The number of amides is 2. The minimum Gasteiger partial charge on any atom is -0.396 e. The van der Waals surface area contributed by atoms with Crippen LogP contribution in [0.15, 0.2) is 22.7 Å². The average molecular weight is 345 g/mol. The zero-order chi connectivity index (χ0) is 14.5. The van der Waals surface area contributed by atoms with E-state index < -0.39 is 5.82 Å². The maximum atomic E-state index is 13.2. The number of anilines is 1. The Bertz CT molecular complexity index is 456. The van der Waals surface area contributed by atoms with Crippen molar-refractivity contribution >= 4 is 27.6 Å². The quantitative estimate of drug-likeness (QED) is 0.788. The van der Waals surface area contributed by atoms with Crippen molar-refractivity contribution in [3.05, 3.63) is 28.5 Å². The molecule has 0 aliphatic heterocycles. The van der Waals surface area contributed by atoms with Gasteiger partial charge in [0.1, 0.15) is 5.82 Å². The minimum absolute atomic E-state index is 0.120. The van der Waals surface area contributed by atoms with Gasteiger partial charge in [0.2, 0.25) is 0 Å². The SMILES string of the molecule is O=C(Nc1cc(F)cc(Br)c1)NC1CCC(CO)CC1. The molecule has 110 valence electrons. The Labute approximate surface area is 125 Å². The molecule has 0 aromatic heterocycles. The fourth-order valence-electron chi connectivity index (χ4n) is 2.47. The van der Waals surface area contributed by atoms with E-state index in [1.165, 1.54) is 12.1 Å². The molecule has 0 spiro atoms. The van der Waals surface area contributed by atoms with Gasteiger partial charge >= 0.3 is 6.03 Å². The maximum Gasteiger partial charge on any atom is 0.319 e. The van der Waals surface area contributed by atoms with Crippen LogP contribution in [0.4, 0.5) is 14.9 Å². The third-order valence-electron chi connectivity index (χ3n) is 3.56. The van der Waals surface area contributed by atoms with Gasteiger partial charge < -0.3 is 15.7 Å². The van der Waals surface area contributed by atoms with E-state index in [0.29, 0.717) is 16.1 Å². The number of urea groups is 1. The van der Waals surface area contributed by atoms with Crippen LogP contribution in [0.25, 0.3) is 0 Å². The van der Waals surface area contributed by atoms with Gasteiger partial charge in [0.25, 0.3) is 0 Å². The predicted molar refractivity (Wildman–Crippen MR) is 79.1 cm³/mol. The lowest BCUT2D eigenvalue weighted by Crippen LogP contribution is -2.40. The van der Waals surface area contributed by atoms with Gasteiger partial charge in [-0.05, 0) is 49.8 Å². The fourth-order valence-corrected chi connectivity index (χ4v) is 2.93. The highest BCUT2D eigenvalue weighted by molar-refractivity contribution is 9.10. The molecule has 0 heterocycles. The third kappa shape index (κ3) is 4.45. The Morgan fingerprint density at radius 1 is 1.30 bits per heavy atom. The van der Waals surface area contributed by atoms with Gasteiger partial charge in [0, 0.05) is 22.8 Å². The number of benzene rings is 1. The van der Waals surface area contributed by atoms with Gasteiger partial charge in [-0.25, -0.2) is 9.18 Å². The second-order valence-electron chi connectivity index (χ2n) is 5.16. The summed E-state index contributed by atoms with van der Waals surface area (Å²) in [4.78, 5) is 11.8. The number of hydrogen-bond acceptors (Lipinski definition) is 2. The molecule has 2 rings (SSSR count). The van der Waals surface area contributed by atoms with Crippen molar-refractivity contribution in [1.29, 1.82) is 0 Å². The number of carbonyl (C=O) groups excluding carboxylic acids is 1. The van der Waals surface area contributed by atoms with Crippen LogP contribution in [0.2, 0.25) is 0 Å². The van der Waals surface area contributed by atoms with Crippen molar-refractivity contribution in [3.63, 3.8) is 0 Å². The van der Waals surface area contributed by atoms with Gasteiger partial charge in [-0.1, -0.05) is 15.9 Å². The van der Waals surface area contributed by atoms with E-state index in [0.717, 1.165) is 25.7 Å². The number of carbonyl (C=O) groups is 1. The van der Waals surface area contributed by atoms with Crippen LogP contribution in [-0.4, -0.2) is 23.8 Å². The van der Waals surface area contributed by atoms with Crippen molar-refractivity contribution in [2.24, 2.45) is 5.92 Å². The van der Waals surface area contributed by atoms with E-state index in [9.17, 15) is 9.18 Å². The molecule has 1 fully saturated rings. The van der Waals surface area contributed by atoms with Crippen LogP contribution in [0.3, 0.4) is 0 Å². The lowest BCUT2D eigenvalue weighted by molar-refractivity contribution is 0.176. The predicted octanol–water partition coefficient (Wildman–Crippen LogP) is 3.26. The first-order valence-corrected chi connectivity index (χ1v) is 7.50. The molecular formula is C14H18BrFN2O2. The summed E-state index contributed by atoms with van der Waals surface area (Å²) in [5, 5.41) is 14.6. The molecule has 0 radical (unpaired) electrons.